The van der Waals surface area contributed by atoms with Gasteiger partial charge in [-0.3, -0.25) is 0 Å². The summed E-state index contributed by atoms with van der Waals surface area (Å²) in [5.41, 5.74) is 10.3. The fourth-order valence-electron chi connectivity index (χ4n) is 3.93. The Labute approximate surface area is 206 Å². The molecule has 0 unspecified atom stereocenters. The van der Waals surface area contributed by atoms with Crippen LogP contribution in [-0.4, -0.2) is 15.7 Å². The highest BCUT2D eigenvalue weighted by Crippen LogP contribution is 2.25. The summed E-state index contributed by atoms with van der Waals surface area (Å²) < 4.78 is 0. The van der Waals surface area contributed by atoms with E-state index in [9.17, 15) is 0 Å². The largest absolute Gasteiger partial charge is 0.245 e. The van der Waals surface area contributed by atoms with E-state index in [1.54, 1.807) is 0 Å². The molecule has 4 nitrogen and oxygen atoms in total. The van der Waals surface area contributed by atoms with E-state index in [-0.39, 0.29) is 0 Å². The van der Waals surface area contributed by atoms with Crippen LogP contribution in [0, 0.1) is 0 Å². The fourth-order valence-corrected chi connectivity index (χ4v) is 3.93. The van der Waals surface area contributed by atoms with E-state index in [1.165, 1.54) is 5.56 Å². The number of hydrazone groups is 1. The average molecular weight is 455 g/mol. The minimum atomic E-state index is 0.471. The highest BCUT2D eigenvalue weighted by Gasteiger charge is 2.10. The minimum Gasteiger partial charge on any atom is -0.245 e. The molecule has 0 atom stereocenters. The number of hydrogen-bond donors (Lipinski definition) is 1. The molecule has 0 fully saturated rings. The first kappa shape index (κ1) is 22.2. The Morgan fingerprint density at radius 1 is 0.600 bits per heavy atom. The van der Waals surface area contributed by atoms with Crippen LogP contribution in [0.5, 0.6) is 0 Å². The fraction of sp³-hybridized carbons (Fsp3) is 0.0645. The lowest BCUT2D eigenvalue weighted by molar-refractivity contribution is 1.02. The highest BCUT2D eigenvalue weighted by molar-refractivity contribution is 6.01. The van der Waals surface area contributed by atoms with E-state index in [4.69, 9.17) is 15.1 Å². The van der Waals surface area contributed by atoms with Crippen LogP contribution in [0.3, 0.4) is 0 Å². The molecule has 1 aromatic heterocycles. The first-order valence-electron chi connectivity index (χ1n) is 11.8. The van der Waals surface area contributed by atoms with E-state index in [1.807, 2.05) is 66.7 Å². The molecule has 4 aromatic carbocycles. The number of nitrogens with zero attached hydrogens (tertiary/aromatic N) is 3. The first-order valence-corrected chi connectivity index (χ1v) is 11.8. The lowest BCUT2D eigenvalue weighted by atomic mass is 10.0. The summed E-state index contributed by atoms with van der Waals surface area (Å²) in [5, 5.41) is 4.79. The summed E-state index contributed by atoms with van der Waals surface area (Å²) in [6.07, 6.45) is 1.70. The number of anilines is 1. The number of benzene rings is 4. The molecule has 5 rings (SSSR count). The van der Waals surface area contributed by atoms with Crippen molar-refractivity contribution in [1.29, 1.82) is 0 Å². The monoisotopic (exact) mass is 454 g/mol. The zero-order valence-corrected chi connectivity index (χ0v) is 19.4. The van der Waals surface area contributed by atoms with Crippen LogP contribution < -0.4 is 5.43 Å². The van der Waals surface area contributed by atoms with E-state index in [0.29, 0.717) is 5.95 Å². The summed E-state index contributed by atoms with van der Waals surface area (Å²) in [4.78, 5) is 9.57. The molecule has 170 valence electrons. The van der Waals surface area contributed by atoms with Gasteiger partial charge in [-0.2, -0.15) is 5.10 Å². The smallest absolute Gasteiger partial charge is 0.244 e. The molecule has 0 saturated carbocycles. The maximum atomic E-state index is 4.79. The van der Waals surface area contributed by atoms with E-state index in [2.05, 4.69) is 66.1 Å². The van der Waals surface area contributed by atoms with Gasteiger partial charge in [0.1, 0.15) is 0 Å². The van der Waals surface area contributed by atoms with Crippen molar-refractivity contribution >= 4 is 11.7 Å². The summed E-state index contributed by atoms with van der Waals surface area (Å²) in [6.45, 7) is 0. The predicted octanol–water partition coefficient (Wildman–Crippen LogP) is 7.26. The Morgan fingerprint density at radius 2 is 1.09 bits per heavy atom. The van der Waals surface area contributed by atoms with E-state index in [0.717, 1.165) is 46.6 Å². The third kappa shape index (κ3) is 5.87. The molecule has 0 radical (unpaired) electrons. The molecule has 1 heterocycles. The predicted molar refractivity (Wildman–Crippen MR) is 144 cm³/mol. The third-order valence-electron chi connectivity index (χ3n) is 5.76. The normalized spacial score (nSPS) is 11.3. The molecule has 0 aliphatic rings. The number of nitrogens with one attached hydrogen (secondary N) is 1. The van der Waals surface area contributed by atoms with Gasteiger partial charge in [-0.25, -0.2) is 15.4 Å². The van der Waals surface area contributed by atoms with E-state index >= 15 is 0 Å². The minimum absolute atomic E-state index is 0.471. The maximum Gasteiger partial charge on any atom is 0.244 e. The Balaban J connectivity index is 1.49. The van der Waals surface area contributed by atoms with E-state index < -0.39 is 0 Å². The Bertz CT molecular complexity index is 1330. The van der Waals surface area contributed by atoms with Gasteiger partial charge < -0.3 is 0 Å². The Kier molecular flexibility index (Phi) is 7.01. The number of aromatic nitrogens is 2. The van der Waals surface area contributed by atoms with Gasteiger partial charge in [-0.05, 0) is 30.0 Å². The summed E-state index contributed by atoms with van der Waals surface area (Å²) >= 11 is 0. The molecule has 4 heteroatoms. The van der Waals surface area contributed by atoms with Gasteiger partial charge in [0.05, 0.1) is 17.1 Å². The molecule has 0 spiro atoms. The lowest BCUT2D eigenvalue weighted by Gasteiger charge is -2.11. The van der Waals surface area contributed by atoms with Crippen LogP contribution in [0.4, 0.5) is 5.95 Å². The topological polar surface area (TPSA) is 50.2 Å². The van der Waals surface area contributed by atoms with Crippen molar-refractivity contribution in [3.05, 3.63) is 139 Å². The first-order chi connectivity index (χ1) is 17.3. The zero-order chi connectivity index (χ0) is 23.7. The van der Waals surface area contributed by atoms with Crippen LogP contribution >= 0.6 is 0 Å². The molecule has 0 aliphatic carbocycles. The summed E-state index contributed by atoms with van der Waals surface area (Å²) in [6, 6.07) is 43.0. The number of rotatable bonds is 8. The second-order valence-corrected chi connectivity index (χ2v) is 8.22. The van der Waals surface area contributed by atoms with Gasteiger partial charge in [0, 0.05) is 11.1 Å². The standard InChI is InChI=1S/C31H26N4/c1-5-13-24(14-6-1)21-22-28(25-15-7-2-8-16-25)34-35-31-32-29(26-17-9-3-10-18-26)23-30(33-31)27-19-11-4-12-20-27/h1-20,23H,21-22H2,(H,32,33,35)/b34-28-. The van der Waals surface area contributed by atoms with Crippen LogP contribution in [0.15, 0.2) is 132 Å². The van der Waals surface area contributed by atoms with Gasteiger partial charge >= 0.3 is 0 Å². The van der Waals surface area contributed by atoms with Gasteiger partial charge in [0.25, 0.3) is 0 Å². The van der Waals surface area contributed by atoms with Crippen LogP contribution in [0.2, 0.25) is 0 Å². The van der Waals surface area contributed by atoms with Gasteiger partial charge in [0.15, 0.2) is 0 Å². The number of hydrogen-bond acceptors (Lipinski definition) is 4. The molecule has 35 heavy (non-hydrogen) atoms. The van der Waals surface area contributed by atoms with Gasteiger partial charge in [-0.15, -0.1) is 0 Å². The quantitative estimate of drug-likeness (QED) is 0.198. The second-order valence-electron chi connectivity index (χ2n) is 8.22. The molecule has 0 aliphatic heterocycles. The molecule has 5 aromatic rings. The van der Waals surface area contributed by atoms with Crippen molar-refractivity contribution in [2.24, 2.45) is 5.10 Å². The molecule has 0 amide bonds. The van der Waals surface area contributed by atoms with Gasteiger partial charge in [-0.1, -0.05) is 121 Å². The molecule has 0 saturated heterocycles. The van der Waals surface area contributed by atoms with Crippen molar-refractivity contribution in [3.8, 4) is 22.5 Å². The van der Waals surface area contributed by atoms with Crippen LogP contribution in [0.1, 0.15) is 17.5 Å². The highest BCUT2D eigenvalue weighted by atomic mass is 15.4. The molecule has 1 N–H and O–H groups in total. The zero-order valence-electron chi connectivity index (χ0n) is 19.4. The van der Waals surface area contributed by atoms with Crippen molar-refractivity contribution in [2.75, 3.05) is 5.43 Å². The summed E-state index contributed by atoms with van der Waals surface area (Å²) in [7, 11) is 0. The third-order valence-corrected chi connectivity index (χ3v) is 5.76. The van der Waals surface area contributed by atoms with Crippen molar-refractivity contribution in [3.63, 3.8) is 0 Å². The van der Waals surface area contributed by atoms with Crippen LogP contribution in [0.25, 0.3) is 22.5 Å². The molecule has 0 bridgehead atoms. The summed E-state index contributed by atoms with van der Waals surface area (Å²) in [5.74, 6) is 0.471. The second kappa shape index (κ2) is 11.0. The average Bonchev–Trinajstić information content (AvgIpc) is 2.95. The van der Waals surface area contributed by atoms with Crippen molar-refractivity contribution in [2.45, 2.75) is 12.8 Å². The SMILES string of the molecule is c1ccc(CC/C(=N/Nc2nc(-c3ccccc3)cc(-c3ccccc3)n2)c2ccccc2)cc1. The Morgan fingerprint density at radius 3 is 1.63 bits per heavy atom. The maximum absolute atomic E-state index is 4.79. The number of aryl methyl sites for hydroxylation is 1. The van der Waals surface area contributed by atoms with Crippen molar-refractivity contribution < 1.29 is 0 Å². The molecular weight excluding hydrogens is 428 g/mol. The van der Waals surface area contributed by atoms with Gasteiger partial charge in [0.2, 0.25) is 5.95 Å². The van der Waals surface area contributed by atoms with Crippen molar-refractivity contribution in [1.82, 2.24) is 9.97 Å². The lowest BCUT2D eigenvalue weighted by Crippen LogP contribution is -2.08. The molecular formula is C31H26N4. The Hall–Kier alpha value is -4.57. The van der Waals surface area contributed by atoms with Crippen LogP contribution in [-0.2, 0) is 6.42 Å².